The lowest BCUT2D eigenvalue weighted by molar-refractivity contribution is 0.345. The number of fused-ring (bicyclic) bond motifs is 1. The zero-order valence-corrected chi connectivity index (χ0v) is 11.5. The highest BCUT2D eigenvalue weighted by molar-refractivity contribution is 5.79. The number of para-hydroxylation sites is 1. The van der Waals surface area contributed by atoms with Crippen LogP contribution in [0.25, 0.3) is 10.9 Å². The molecule has 0 saturated carbocycles. The number of nitrogens with one attached hydrogen (secondary N) is 1. The molecule has 3 rings (SSSR count). The molecular weight excluding hydrogens is 234 g/mol. The van der Waals surface area contributed by atoms with Crippen molar-refractivity contribution in [1.82, 2.24) is 9.88 Å². The van der Waals surface area contributed by atoms with Crippen molar-refractivity contribution in [2.24, 2.45) is 5.92 Å². The summed E-state index contributed by atoms with van der Waals surface area (Å²) in [4.78, 5) is 7.16. The van der Waals surface area contributed by atoms with Crippen LogP contribution < -0.4 is 5.32 Å². The second-order valence-electron chi connectivity index (χ2n) is 5.32. The van der Waals surface area contributed by atoms with Gasteiger partial charge >= 0.3 is 0 Å². The van der Waals surface area contributed by atoms with E-state index in [0.717, 1.165) is 23.8 Å². The molecule has 1 fully saturated rings. The Morgan fingerprint density at radius 2 is 2.16 bits per heavy atom. The van der Waals surface area contributed by atoms with Crippen LogP contribution in [0.2, 0.25) is 0 Å². The number of pyridine rings is 1. The Balaban J connectivity index is 1.62. The molecule has 1 atom stereocenters. The Morgan fingerprint density at radius 3 is 3.00 bits per heavy atom. The molecule has 19 heavy (non-hydrogen) atoms. The van der Waals surface area contributed by atoms with Gasteiger partial charge in [0.25, 0.3) is 0 Å². The van der Waals surface area contributed by atoms with Crippen LogP contribution >= 0.6 is 0 Å². The van der Waals surface area contributed by atoms with Gasteiger partial charge in [-0.15, -0.1) is 0 Å². The van der Waals surface area contributed by atoms with Crippen molar-refractivity contribution in [1.29, 1.82) is 0 Å². The zero-order chi connectivity index (χ0) is 13.1. The molecule has 1 unspecified atom stereocenters. The molecule has 3 heteroatoms. The first-order valence-corrected chi connectivity index (χ1v) is 7.17. The number of nitrogens with zero attached hydrogens (tertiary/aromatic N) is 2. The van der Waals surface area contributed by atoms with E-state index in [1.807, 2.05) is 6.07 Å². The number of anilines is 1. The predicted molar refractivity (Wildman–Crippen MR) is 80.5 cm³/mol. The van der Waals surface area contributed by atoms with E-state index in [4.69, 9.17) is 0 Å². The summed E-state index contributed by atoms with van der Waals surface area (Å²) in [7, 11) is 0. The summed E-state index contributed by atoms with van der Waals surface area (Å²) in [6.45, 7) is 6.90. The minimum absolute atomic E-state index is 0.758. The van der Waals surface area contributed by atoms with E-state index in [-0.39, 0.29) is 0 Å². The van der Waals surface area contributed by atoms with Gasteiger partial charge in [-0.05, 0) is 43.6 Å². The maximum atomic E-state index is 4.65. The summed E-state index contributed by atoms with van der Waals surface area (Å²) in [6.07, 6.45) is 1.30. The second kappa shape index (κ2) is 5.57. The van der Waals surface area contributed by atoms with Gasteiger partial charge in [-0.3, -0.25) is 0 Å². The van der Waals surface area contributed by atoms with Crippen molar-refractivity contribution >= 4 is 16.7 Å². The van der Waals surface area contributed by atoms with E-state index in [2.05, 4.69) is 52.5 Å². The lowest BCUT2D eigenvalue weighted by Crippen LogP contribution is -2.22. The van der Waals surface area contributed by atoms with Gasteiger partial charge in [0.05, 0.1) is 5.52 Å². The number of benzene rings is 1. The third kappa shape index (κ3) is 2.87. The van der Waals surface area contributed by atoms with Crippen LogP contribution in [0.5, 0.6) is 0 Å². The molecule has 3 nitrogen and oxygen atoms in total. The highest BCUT2D eigenvalue weighted by Gasteiger charge is 2.20. The van der Waals surface area contributed by atoms with E-state index < -0.39 is 0 Å². The topological polar surface area (TPSA) is 28.2 Å². The molecule has 1 N–H and O–H groups in total. The summed E-state index contributed by atoms with van der Waals surface area (Å²) in [5.41, 5.74) is 1.06. The SMILES string of the molecule is CCN1CCC(CNc2ccc3ccccc3n2)C1. The molecule has 1 aliphatic rings. The van der Waals surface area contributed by atoms with E-state index in [1.165, 1.54) is 31.4 Å². The van der Waals surface area contributed by atoms with Crippen molar-refractivity contribution < 1.29 is 0 Å². The molecule has 0 aliphatic carbocycles. The summed E-state index contributed by atoms with van der Waals surface area (Å²) in [5, 5.41) is 4.69. The molecule has 100 valence electrons. The molecule has 0 bridgehead atoms. The quantitative estimate of drug-likeness (QED) is 0.910. The van der Waals surface area contributed by atoms with Gasteiger partial charge in [-0.1, -0.05) is 25.1 Å². The maximum Gasteiger partial charge on any atom is 0.126 e. The monoisotopic (exact) mass is 255 g/mol. The summed E-state index contributed by atoms with van der Waals surface area (Å²) in [6, 6.07) is 12.5. The van der Waals surface area contributed by atoms with Gasteiger partial charge < -0.3 is 10.2 Å². The van der Waals surface area contributed by atoms with Gasteiger partial charge in [-0.25, -0.2) is 4.98 Å². The number of likely N-dealkylation sites (tertiary alicyclic amines) is 1. The first kappa shape index (κ1) is 12.4. The largest absolute Gasteiger partial charge is 0.370 e. The van der Waals surface area contributed by atoms with E-state index >= 15 is 0 Å². The fraction of sp³-hybridized carbons (Fsp3) is 0.438. The van der Waals surface area contributed by atoms with E-state index in [1.54, 1.807) is 0 Å². The highest BCUT2D eigenvalue weighted by Crippen LogP contribution is 2.18. The summed E-state index contributed by atoms with van der Waals surface area (Å²) >= 11 is 0. The van der Waals surface area contributed by atoms with Crippen LogP contribution in [0.4, 0.5) is 5.82 Å². The Morgan fingerprint density at radius 1 is 1.26 bits per heavy atom. The first-order valence-electron chi connectivity index (χ1n) is 7.17. The fourth-order valence-corrected chi connectivity index (χ4v) is 2.78. The molecular formula is C16H21N3. The molecule has 2 aromatic rings. The van der Waals surface area contributed by atoms with Gasteiger partial charge in [0.15, 0.2) is 0 Å². The third-order valence-electron chi connectivity index (χ3n) is 3.99. The van der Waals surface area contributed by atoms with Crippen molar-refractivity contribution in [3.8, 4) is 0 Å². The van der Waals surface area contributed by atoms with Gasteiger partial charge in [0, 0.05) is 18.5 Å². The number of hydrogen-bond acceptors (Lipinski definition) is 3. The predicted octanol–water partition coefficient (Wildman–Crippen LogP) is 2.99. The van der Waals surface area contributed by atoms with E-state index in [9.17, 15) is 0 Å². The Bertz CT molecular complexity index is 552. The van der Waals surface area contributed by atoms with Crippen LogP contribution in [0.3, 0.4) is 0 Å². The van der Waals surface area contributed by atoms with Crippen molar-refractivity contribution in [2.75, 3.05) is 31.5 Å². The molecule has 0 spiro atoms. The Labute approximate surface area is 114 Å². The average molecular weight is 255 g/mol. The lowest BCUT2D eigenvalue weighted by Gasteiger charge is -2.14. The van der Waals surface area contributed by atoms with Gasteiger partial charge in [0.1, 0.15) is 5.82 Å². The van der Waals surface area contributed by atoms with Crippen molar-refractivity contribution in [3.05, 3.63) is 36.4 Å². The van der Waals surface area contributed by atoms with Crippen LogP contribution in [-0.4, -0.2) is 36.1 Å². The number of rotatable bonds is 4. The minimum atomic E-state index is 0.758. The number of hydrogen-bond donors (Lipinski definition) is 1. The zero-order valence-electron chi connectivity index (χ0n) is 11.5. The van der Waals surface area contributed by atoms with Crippen LogP contribution in [0.1, 0.15) is 13.3 Å². The first-order chi connectivity index (χ1) is 9.35. The van der Waals surface area contributed by atoms with Crippen LogP contribution in [0.15, 0.2) is 36.4 Å². The molecule has 1 aromatic carbocycles. The second-order valence-corrected chi connectivity index (χ2v) is 5.32. The lowest BCUT2D eigenvalue weighted by atomic mass is 10.1. The standard InChI is InChI=1S/C16H21N3/c1-2-19-10-9-13(12-19)11-17-16-8-7-14-5-3-4-6-15(14)18-16/h3-8,13H,2,9-12H2,1H3,(H,17,18). The third-order valence-corrected chi connectivity index (χ3v) is 3.99. The minimum Gasteiger partial charge on any atom is -0.370 e. The van der Waals surface area contributed by atoms with Gasteiger partial charge in [-0.2, -0.15) is 0 Å². The molecule has 1 aliphatic heterocycles. The van der Waals surface area contributed by atoms with Crippen LogP contribution in [0, 0.1) is 5.92 Å². The molecule has 1 saturated heterocycles. The Kier molecular flexibility index (Phi) is 3.65. The van der Waals surface area contributed by atoms with Crippen LogP contribution in [-0.2, 0) is 0 Å². The van der Waals surface area contributed by atoms with Crippen molar-refractivity contribution in [2.45, 2.75) is 13.3 Å². The summed E-state index contributed by atoms with van der Waals surface area (Å²) in [5.74, 6) is 1.75. The highest BCUT2D eigenvalue weighted by atomic mass is 15.1. The maximum absolute atomic E-state index is 4.65. The van der Waals surface area contributed by atoms with Crippen molar-refractivity contribution in [3.63, 3.8) is 0 Å². The Hall–Kier alpha value is -1.61. The summed E-state index contributed by atoms with van der Waals surface area (Å²) < 4.78 is 0. The average Bonchev–Trinajstić information content (AvgIpc) is 2.93. The normalized spacial score (nSPS) is 19.9. The smallest absolute Gasteiger partial charge is 0.126 e. The van der Waals surface area contributed by atoms with E-state index in [0.29, 0.717) is 0 Å². The molecule has 2 heterocycles. The fourth-order valence-electron chi connectivity index (χ4n) is 2.78. The number of aromatic nitrogens is 1. The molecule has 0 amide bonds. The van der Waals surface area contributed by atoms with Gasteiger partial charge in [0.2, 0.25) is 0 Å². The molecule has 0 radical (unpaired) electrons. The molecule has 1 aromatic heterocycles.